The van der Waals surface area contributed by atoms with Crippen LogP contribution in [-0.4, -0.2) is 42.5 Å². The number of ether oxygens (including phenoxy) is 2. The minimum absolute atomic E-state index is 0.0784. The average molecular weight is 400 g/mol. The summed E-state index contributed by atoms with van der Waals surface area (Å²) in [6.07, 6.45) is 0.217. The fraction of sp³-hybridized carbons (Fsp3) is 0.250. The largest absolute Gasteiger partial charge is 0.467 e. The van der Waals surface area contributed by atoms with Crippen molar-refractivity contribution in [2.24, 2.45) is 0 Å². The van der Waals surface area contributed by atoms with Gasteiger partial charge in [-0.25, -0.2) is 9.59 Å². The van der Waals surface area contributed by atoms with Gasteiger partial charge in [0.25, 0.3) is 11.6 Å². The molecule has 9 nitrogen and oxygen atoms in total. The van der Waals surface area contributed by atoms with Crippen LogP contribution in [0.1, 0.15) is 21.5 Å². The summed E-state index contributed by atoms with van der Waals surface area (Å²) in [5.41, 5.74) is 1.07. The molecule has 9 heteroatoms. The van der Waals surface area contributed by atoms with Crippen molar-refractivity contribution in [2.75, 3.05) is 13.7 Å². The molecule has 1 amide bonds. The number of esters is 2. The van der Waals surface area contributed by atoms with E-state index < -0.39 is 35.4 Å². The Balaban J connectivity index is 1.96. The van der Waals surface area contributed by atoms with Gasteiger partial charge in [-0.15, -0.1) is 0 Å². The van der Waals surface area contributed by atoms with E-state index in [0.29, 0.717) is 5.56 Å². The molecule has 0 saturated heterocycles. The zero-order valence-corrected chi connectivity index (χ0v) is 15.9. The minimum Gasteiger partial charge on any atom is -0.467 e. The van der Waals surface area contributed by atoms with E-state index in [-0.39, 0.29) is 17.7 Å². The number of nitrogens with zero attached hydrogens (tertiary/aromatic N) is 1. The Morgan fingerprint density at radius 3 is 2.41 bits per heavy atom. The fourth-order valence-corrected chi connectivity index (χ4v) is 2.62. The van der Waals surface area contributed by atoms with Gasteiger partial charge in [-0.3, -0.25) is 14.9 Å². The quantitative estimate of drug-likeness (QED) is 0.408. The van der Waals surface area contributed by atoms with Crippen LogP contribution in [0.15, 0.2) is 48.5 Å². The van der Waals surface area contributed by atoms with Crippen LogP contribution in [-0.2, 0) is 25.5 Å². The summed E-state index contributed by atoms with van der Waals surface area (Å²) in [6, 6.07) is 11.9. The van der Waals surface area contributed by atoms with Gasteiger partial charge in [0.05, 0.1) is 17.6 Å². The summed E-state index contributed by atoms with van der Waals surface area (Å²) in [4.78, 5) is 46.4. The molecule has 0 radical (unpaired) electrons. The van der Waals surface area contributed by atoms with Crippen LogP contribution < -0.4 is 5.32 Å². The van der Waals surface area contributed by atoms with Crippen molar-refractivity contribution in [3.63, 3.8) is 0 Å². The van der Waals surface area contributed by atoms with Crippen molar-refractivity contribution >= 4 is 23.5 Å². The molecular formula is C20H20N2O7. The first-order valence-electron chi connectivity index (χ1n) is 8.65. The van der Waals surface area contributed by atoms with E-state index in [9.17, 15) is 24.5 Å². The van der Waals surface area contributed by atoms with Gasteiger partial charge in [-0.1, -0.05) is 30.3 Å². The van der Waals surface area contributed by atoms with Crippen LogP contribution >= 0.6 is 0 Å². The normalized spacial score (nSPS) is 11.2. The monoisotopic (exact) mass is 400 g/mol. The molecule has 0 aromatic heterocycles. The van der Waals surface area contributed by atoms with Gasteiger partial charge in [-0.05, 0) is 24.6 Å². The predicted octanol–water partition coefficient (Wildman–Crippen LogP) is 1.96. The molecule has 0 saturated carbocycles. The molecule has 0 aliphatic rings. The standard InChI is InChI=1S/C20H20N2O7/c1-13-10-15(8-9-17(13)22(26)27)19(24)29-12-18(23)21-16(20(25)28-2)11-14-6-4-3-5-7-14/h3-10,16H,11-12H2,1-2H3,(H,21,23)/t16-/m0/s1. The second-order valence-electron chi connectivity index (χ2n) is 6.17. The number of carbonyl (C=O) groups excluding carboxylic acids is 3. The van der Waals surface area contributed by atoms with Crippen molar-refractivity contribution in [3.05, 3.63) is 75.3 Å². The first kappa shape index (κ1) is 21.5. The van der Waals surface area contributed by atoms with Crippen molar-refractivity contribution in [1.29, 1.82) is 0 Å². The molecule has 2 rings (SSSR count). The fourth-order valence-electron chi connectivity index (χ4n) is 2.62. The van der Waals surface area contributed by atoms with Gasteiger partial charge in [0.15, 0.2) is 6.61 Å². The Bertz CT molecular complexity index is 912. The van der Waals surface area contributed by atoms with E-state index in [4.69, 9.17) is 9.47 Å². The lowest BCUT2D eigenvalue weighted by Gasteiger charge is -2.16. The summed E-state index contributed by atoms with van der Waals surface area (Å²) < 4.78 is 9.64. The molecular weight excluding hydrogens is 380 g/mol. The second-order valence-corrected chi connectivity index (χ2v) is 6.17. The van der Waals surface area contributed by atoms with Crippen LogP contribution in [0.5, 0.6) is 0 Å². The second kappa shape index (κ2) is 9.98. The molecule has 0 aliphatic carbocycles. The van der Waals surface area contributed by atoms with Gasteiger partial charge in [0, 0.05) is 18.1 Å². The summed E-state index contributed by atoms with van der Waals surface area (Å²) in [6.45, 7) is 0.878. The highest BCUT2D eigenvalue weighted by atomic mass is 16.6. The third-order valence-corrected chi connectivity index (χ3v) is 4.07. The summed E-state index contributed by atoms with van der Waals surface area (Å²) in [5.74, 6) is -2.11. The van der Waals surface area contributed by atoms with Gasteiger partial charge in [0.1, 0.15) is 6.04 Å². The topological polar surface area (TPSA) is 125 Å². The number of nitro benzene ring substituents is 1. The molecule has 0 heterocycles. The SMILES string of the molecule is COC(=O)[C@H](Cc1ccccc1)NC(=O)COC(=O)c1ccc([N+](=O)[O-])c(C)c1. The van der Waals surface area contributed by atoms with E-state index in [1.165, 1.54) is 32.2 Å². The maximum Gasteiger partial charge on any atom is 0.338 e. The van der Waals surface area contributed by atoms with Crippen molar-refractivity contribution in [2.45, 2.75) is 19.4 Å². The molecule has 0 unspecified atom stereocenters. The number of nitrogens with one attached hydrogen (secondary N) is 1. The van der Waals surface area contributed by atoms with Crippen LogP contribution in [0.3, 0.4) is 0 Å². The molecule has 29 heavy (non-hydrogen) atoms. The molecule has 1 N–H and O–H groups in total. The lowest BCUT2D eigenvalue weighted by molar-refractivity contribution is -0.385. The maximum atomic E-state index is 12.1. The molecule has 2 aromatic rings. The highest BCUT2D eigenvalue weighted by Crippen LogP contribution is 2.19. The van der Waals surface area contributed by atoms with Crippen molar-refractivity contribution in [1.82, 2.24) is 5.32 Å². The predicted molar refractivity (Wildman–Crippen MR) is 102 cm³/mol. The Kier molecular flexibility index (Phi) is 7.41. The number of rotatable bonds is 8. The van der Waals surface area contributed by atoms with E-state index >= 15 is 0 Å². The number of benzene rings is 2. The Hall–Kier alpha value is -3.75. The minimum atomic E-state index is -0.935. The smallest absolute Gasteiger partial charge is 0.338 e. The third-order valence-electron chi connectivity index (χ3n) is 4.07. The summed E-state index contributed by atoms with van der Waals surface area (Å²) >= 11 is 0. The lowest BCUT2D eigenvalue weighted by Crippen LogP contribution is -2.44. The van der Waals surface area contributed by atoms with Crippen LogP contribution in [0, 0.1) is 17.0 Å². The number of nitro groups is 1. The zero-order chi connectivity index (χ0) is 21.4. The Morgan fingerprint density at radius 2 is 1.83 bits per heavy atom. The van der Waals surface area contributed by atoms with Gasteiger partial charge >= 0.3 is 11.9 Å². The first-order valence-corrected chi connectivity index (χ1v) is 8.65. The highest BCUT2D eigenvalue weighted by Gasteiger charge is 2.23. The molecule has 2 aromatic carbocycles. The van der Waals surface area contributed by atoms with Gasteiger partial charge in [-0.2, -0.15) is 0 Å². The molecule has 0 fully saturated rings. The summed E-state index contributed by atoms with van der Waals surface area (Å²) in [7, 11) is 1.21. The van der Waals surface area contributed by atoms with E-state index in [0.717, 1.165) is 5.56 Å². The molecule has 0 bridgehead atoms. The van der Waals surface area contributed by atoms with E-state index in [1.807, 2.05) is 6.07 Å². The maximum absolute atomic E-state index is 12.1. The number of carbonyl (C=O) groups is 3. The van der Waals surface area contributed by atoms with Crippen molar-refractivity contribution in [3.8, 4) is 0 Å². The third kappa shape index (κ3) is 6.13. The zero-order valence-electron chi connectivity index (χ0n) is 15.9. The molecule has 152 valence electrons. The summed E-state index contributed by atoms with van der Waals surface area (Å²) in [5, 5.41) is 13.3. The van der Waals surface area contributed by atoms with Crippen LogP contribution in [0.2, 0.25) is 0 Å². The number of methoxy groups -OCH3 is 1. The molecule has 1 atom stereocenters. The number of hydrogen-bond acceptors (Lipinski definition) is 7. The molecule has 0 spiro atoms. The Morgan fingerprint density at radius 1 is 1.14 bits per heavy atom. The average Bonchev–Trinajstić information content (AvgIpc) is 2.71. The first-order chi connectivity index (χ1) is 13.8. The number of hydrogen-bond donors (Lipinski definition) is 1. The number of aryl methyl sites for hydroxylation is 1. The molecule has 0 aliphatic heterocycles. The number of amides is 1. The van der Waals surface area contributed by atoms with E-state index in [1.54, 1.807) is 24.3 Å². The Labute approximate surface area is 166 Å². The van der Waals surface area contributed by atoms with Gasteiger partial charge in [0.2, 0.25) is 0 Å². The van der Waals surface area contributed by atoms with E-state index in [2.05, 4.69) is 5.32 Å². The van der Waals surface area contributed by atoms with Crippen molar-refractivity contribution < 1.29 is 28.8 Å². The van der Waals surface area contributed by atoms with Crippen LogP contribution in [0.4, 0.5) is 5.69 Å². The van der Waals surface area contributed by atoms with Gasteiger partial charge < -0.3 is 14.8 Å². The van der Waals surface area contributed by atoms with Crippen LogP contribution in [0.25, 0.3) is 0 Å². The highest BCUT2D eigenvalue weighted by molar-refractivity contribution is 5.92. The lowest BCUT2D eigenvalue weighted by atomic mass is 10.1.